The van der Waals surface area contributed by atoms with E-state index in [0.29, 0.717) is 17.5 Å². The molecule has 0 spiro atoms. The van der Waals surface area contributed by atoms with Crippen LogP contribution in [0.3, 0.4) is 0 Å². The van der Waals surface area contributed by atoms with Crippen molar-refractivity contribution < 1.29 is 0 Å². The average Bonchev–Trinajstić information content (AvgIpc) is 3.89. The lowest BCUT2D eigenvalue weighted by molar-refractivity contribution is 0.849. The van der Waals surface area contributed by atoms with Gasteiger partial charge >= 0.3 is 0 Å². The molecule has 240 valence electrons. The highest BCUT2D eigenvalue weighted by Gasteiger charge is 2.27. The SMILES string of the molecule is C1=Cc2c(sc3c(-c4nc(-c5ccccc5)nc(-c5ccc6c(c5)sc5ccccc56)n4)cccc23)C(c2cccc3c2sc2ccccc23)C1. The summed E-state index contributed by atoms with van der Waals surface area (Å²) in [6.45, 7) is 0. The normalized spacial score (nSPS) is 14.3. The first-order chi connectivity index (χ1) is 25.3. The first kappa shape index (κ1) is 29.2. The monoisotopic (exact) mass is 705 g/mol. The van der Waals surface area contributed by atoms with Gasteiger partial charge in [-0.1, -0.05) is 121 Å². The molecule has 0 saturated carbocycles. The van der Waals surface area contributed by atoms with Gasteiger partial charge in [-0.25, -0.2) is 15.0 Å². The van der Waals surface area contributed by atoms with Crippen LogP contribution in [-0.4, -0.2) is 15.0 Å². The number of rotatable bonds is 4. The van der Waals surface area contributed by atoms with E-state index in [1.54, 1.807) is 0 Å². The number of fused-ring (bicyclic) bond motifs is 9. The summed E-state index contributed by atoms with van der Waals surface area (Å²) in [6, 6.07) is 47.7. The minimum Gasteiger partial charge on any atom is -0.208 e. The first-order valence-electron chi connectivity index (χ1n) is 17.1. The van der Waals surface area contributed by atoms with Crippen molar-refractivity contribution in [3.63, 3.8) is 0 Å². The molecule has 1 atom stereocenters. The summed E-state index contributed by atoms with van der Waals surface area (Å²) < 4.78 is 6.48. The van der Waals surface area contributed by atoms with Gasteiger partial charge in [0.15, 0.2) is 17.5 Å². The molecule has 4 aromatic heterocycles. The maximum Gasteiger partial charge on any atom is 0.165 e. The maximum absolute atomic E-state index is 5.23. The quantitative estimate of drug-likeness (QED) is 0.183. The molecule has 1 aliphatic rings. The van der Waals surface area contributed by atoms with Crippen molar-refractivity contribution in [3.05, 3.63) is 156 Å². The van der Waals surface area contributed by atoms with Crippen molar-refractivity contribution in [2.24, 2.45) is 0 Å². The molecule has 4 heterocycles. The van der Waals surface area contributed by atoms with Crippen molar-refractivity contribution in [1.82, 2.24) is 15.0 Å². The van der Waals surface area contributed by atoms with Crippen LogP contribution in [0.1, 0.15) is 28.3 Å². The molecular weight excluding hydrogens is 679 g/mol. The van der Waals surface area contributed by atoms with E-state index in [9.17, 15) is 0 Å². The van der Waals surface area contributed by atoms with Crippen LogP contribution in [0.4, 0.5) is 0 Å². The van der Waals surface area contributed by atoms with Gasteiger partial charge in [0.05, 0.1) is 0 Å². The lowest BCUT2D eigenvalue weighted by Crippen LogP contribution is -2.02. The zero-order valence-corrected chi connectivity index (χ0v) is 29.7. The Labute approximate surface area is 305 Å². The van der Waals surface area contributed by atoms with E-state index in [-0.39, 0.29) is 5.92 Å². The number of hydrogen-bond acceptors (Lipinski definition) is 6. The first-order valence-corrected chi connectivity index (χ1v) is 19.6. The predicted octanol–water partition coefficient (Wildman–Crippen LogP) is 13.4. The smallest absolute Gasteiger partial charge is 0.165 e. The van der Waals surface area contributed by atoms with Gasteiger partial charge in [-0.05, 0) is 41.8 Å². The molecule has 10 aromatic rings. The van der Waals surface area contributed by atoms with E-state index in [1.165, 1.54) is 66.4 Å². The van der Waals surface area contributed by atoms with E-state index in [4.69, 9.17) is 15.0 Å². The fraction of sp³-hybridized carbons (Fsp3) is 0.0444. The molecule has 3 nitrogen and oxygen atoms in total. The fourth-order valence-electron chi connectivity index (χ4n) is 7.71. The molecule has 0 aliphatic heterocycles. The number of aromatic nitrogens is 3. The Kier molecular flexibility index (Phi) is 6.59. The third-order valence-corrected chi connectivity index (χ3v) is 13.8. The van der Waals surface area contributed by atoms with Crippen LogP contribution in [0.15, 0.2) is 140 Å². The van der Waals surface area contributed by atoms with Gasteiger partial charge < -0.3 is 0 Å². The molecule has 0 amide bonds. The predicted molar refractivity (Wildman–Crippen MR) is 219 cm³/mol. The Bertz CT molecular complexity index is 3020. The third kappa shape index (κ3) is 4.64. The van der Waals surface area contributed by atoms with Gasteiger partial charge in [-0.3, -0.25) is 0 Å². The summed E-state index contributed by atoms with van der Waals surface area (Å²) in [5.74, 6) is 2.35. The Hall–Kier alpha value is -5.53. The average molecular weight is 706 g/mol. The zero-order valence-electron chi connectivity index (χ0n) is 27.2. The largest absolute Gasteiger partial charge is 0.208 e. The van der Waals surface area contributed by atoms with Crippen LogP contribution in [0.5, 0.6) is 0 Å². The summed E-state index contributed by atoms with van der Waals surface area (Å²) in [5.41, 5.74) is 5.74. The standard InChI is InChI=1S/C45H27N3S3/c1-2-11-26(12-3-1)43-46-44(27-23-24-30-28-13-4-6-21-37(28)49-39(30)25-27)48-45(47-43)36-20-10-19-35-34-18-9-17-33(41(34)51-42(35)36)32-16-8-15-31-29-14-5-7-22-38(29)50-40(31)32/h1-16,18-25,33H,17H2. The number of nitrogens with zero attached hydrogens (tertiary/aromatic N) is 3. The van der Waals surface area contributed by atoms with Crippen molar-refractivity contribution >= 4 is 90.5 Å². The second-order valence-electron chi connectivity index (χ2n) is 13.1. The molecule has 0 N–H and O–H groups in total. The van der Waals surface area contributed by atoms with Crippen LogP contribution in [0.2, 0.25) is 0 Å². The Morgan fingerprint density at radius 1 is 0.471 bits per heavy atom. The van der Waals surface area contributed by atoms with E-state index < -0.39 is 0 Å². The topological polar surface area (TPSA) is 38.7 Å². The number of allylic oxidation sites excluding steroid dienone is 1. The van der Waals surface area contributed by atoms with Gasteiger partial charge in [0.25, 0.3) is 0 Å². The molecule has 6 aromatic carbocycles. The number of hydrogen-bond donors (Lipinski definition) is 0. The lowest BCUT2D eigenvalue weighted by atomic mass is 9.86. The van der Waals surface area contributed by atoms with Crippen LogP contribution >= 0.6 is 34.0 Å². The van der Waals surface area contributed by atoms with E-state index in [2.05, 4.69) is 127 Å². The van der Waals surface area contributed by atoms with E-state index in [1.807, 2.05) is 52.2 Å². The van der Waals surface area contributed by atoms with E-state index >= 15 is 0 Å². The maximum atomic E-state index is 5.23. The molecule has 1 unspecified atom stereocenters. The second-order valence-corrected chi connectivity index (χ2v) is 16.2. The van der Waals surface area contributed by atoms with Crippen LogP contribution in [0, 0.1) is 0 Å². The summed E-state index contributed by atoms with van der Waals surface area (Å²) >= 11 is 5.63. The van der Waals surface area contributed by atoms with E-state index in [0.717, 1.165) is 23.1 Å². The minimum absolute atomic E-state index is 0.286. The van der Waals surface area contributed by atoms with Gasteiger partial charge in [-0.2, -0.15) is 0 Å². The van der Waals surface area contributed by atoms with Crippen molar-refractivity contribution in [2.45, 2.75) is 12.3 Å². The molecule has 51 heavy (non-hydrogen) atoms. The van der Waals surface area contributed by atoms with Gasteiger partial charge in [0.1, 0.15) is 0 Å². The molecule has 6 heteroatoms. The van der Waals surface area contributed by atoms with Gasteiger partial charge in [-0.15, -0.1) is 34.0 Å². The van der Waals surface area contributed by atoms with Crippen LogP contribution < -0.4 is 0 Å². The number of benzene rings is 6. The third-order valence-electron chi connectivity index (χ3n) is 10.1. The lowest BCUT2D eigenvalue weighted by Gasteiger charge is -2.20. The Morgan fingerprint density at radius 3 is 2.00 bits per heavy atom. The number of thiophene rings is 3. The van der Waals surface area contributed by atoms with Crippen LogP contribution in [-0.2, 0) is 0 Å². The minimum atomic E-state index is 0.286. The Morgan fingerprint density at radius 2 is 1.14 bits per heavy atom. The van der Waals surface area contributed by atoms with Crippen molar-refractivity contribution in [1.29, 1.82) is 0 Å². The molecule has 1 aliphatic carbocycles. The molecule has 0 bridgehead atoms. The highest BCUT2D eigenvalue weighted by Crippen LogP contribution is 2.49. The van der Waals surface area contributed by atoms with Gasteiger partial charge in [0, 0.05) is 77.9 Å². The molecule has 11 rings (SSSR count). The molecule has 0 radical (unpaired) electrons. The summed E-state index contributed by atoms with van der Waals surface area (Å²) in [7, 11) is 0. The van der Waals surface area contributed by atoms with Crippen LogP contribution in [0.25, 0.3) is 90.7 Å². The fourth-order valence-corrected chi connectivity index (χ4v) is 11.6. The Balaban J connectivity index is 1.09. The highest BCUT2D eigenvalue weighted by molar-refractivity contribution is 7.26. The van der Waals surface area contributed by atoms with Crippen molar-refractivity contribution in [2.75, 3.05) is 0 Å². The van der Waals surface area contributed by atoms with Crippen molar-refractivity contribution in [3.8, 4) is 34.2 Å². The second kappa shape index (κ2) is 11.5. The van der Waals surface area contributed by atoms with Gasteiger partial charge in [0.2, 0.25) is 0 Å². The summed E-state index contributed by atoms with van der Waals surface area (Å²) in [6.07, 6.45) is 5.67. The molecule has 0 saturated heterocycles. The molecule has 0 fully saturated rings. The summed E-state index contributed by atoms with van der Waals surface area (Å²) in [5, 5.41) is 6.50. The zero-order chi connectivity index (χ0) is 33.5. The summed E-state index contributed by atoms with van der Waals surface area (Å²) in [4.78, 5) is 16.9. The molecular formula is C45H27N3S3. The highest BCUT2D eigenvalue weighted by atomic mass is 32.1.